The Labute approximate surface area is 143 Å². The van der Waals surface area contributed by atoms with Crippen molar-refractivity contribution >= 4 is 26.6 Å². The zero-order valence-electron chi connectivity index (χ0n) is 14.3. The van der Waals surface area contributed by atoms with Gasteiger partial charge in [-0.05, 0) is 48.2 Å². The van der Waals surface area contributed by atoms with Crippen LogP contribution < -0.4 is 4.72 Å². The molecule has 24 heavy (non-hydrogen) atoms. The van der Waals surface area contributed by atoms with E-state index in [1.165, 1.54) is 0 Å². The monoisotopic (exact) mass is 342 g/mol. The van der Waals surface area contributed by atoms with Crippen LogP contribution >= 0.6 is 0 Å². The number of hydrogen-bond donors (Lipinski definition) is 2. The highest BCUT2D eigenvalue weighted by molar-refractivity contribution is 7.92. The first-order chi connectivity index (χ1) is 11.2. The fourth-order valence-electron chi connectivity index (χ4n) is 2.72. The molecule has 0 saturated heterocycles. The highest BCUT2D eigenvalue weighted by Gasteiger charge is 2.18. The fraction of sp³-hybridized carbons (Fsp3) is 0.263. The van der Waals surface area contributed by atoms with Crippen molar-refractivity contribution in [1.82, 2.24) is 4.98 Å². The molecule has 0 radical (unpaired) electrons. The van der Waals surface area contributed by atoms with E-state index in [0.717, 1.165) is 22.2 Å². The predicted octanol–water partition coefficient (Wildman–Crippen LogP) is 4.57. The van der Waals surface area contributed by atoms with Crippen molar-refractivity contribution in [3.8, 4) is 0 Å². The zero-order chi connectivity index (χ0) is 17.5. The van der Waals surface area contributed by atoms with Gasteiger partial charge in [0.05, 0.1) is 10.6 Å². The average molecular weight is 342 g/mol. The largest absolute Gasteiger partial charge is 0.359 e. The second kappa shape index (κ2) is 5.67. The highest BCUT2D eigenvalue weighted by atomic mass is 32.2. The number of aromatic nitrogens is 1. The summed E-state index contributed by atoms with van der Waals surface area (Å²) in [7, 11) is -3.62. The van der Waals surface area contributed by atoms with Crippen LogP contribution in [0.3, 0.4) is 0 Å². The molecule has 1 heterocycles. The molecule has 126 valence electrons. The first kappa shape index (κ1) is 16.6. The highest BCUT2D eigenvalue weighted by Crippen LogP contribution is 2.28. The van der Waals surface area contributed by atoms with Crippen LogP contribution in [0.5, 0.6) is 0 Å². The number of H-pyrrole nitrogens is 1. The number of hydrogen-bond acceptors (Lipinski definition) is 2. The molecule has 0 aliphatic carbocycles. The van der Waals surface area contributed by atoms with Crippen molar-refractivity contribution in [2.24, 2.45) is 0 Å². The van der Waals surface area contributed by atoms with Gasteiger partial charge in [-0.15, -0.1) is 0 Å². The number of sulfonamides is 1. The van der Waals surface area contributed by atoms with E-state index in [-0.39, 0.29) is 10.3 Å². The zero-order valence-corrected chi connectivity index (χ0v) is 15.2. The molecule has 0 aliphatic rings. The lowest BCUT2D eigenvalue weighted by Crippen LogP contribution is -2.15. The van der Waals surface area contributed by atoms with Gasteiger partial charge in [0.2, 0.25) is 0 Å². The Morgan fingerprint density at radius 2 is 1.67 bits per heavy atom. The normalized spacial score (nSPS) is 12.5. The van der Waals surface area contributed by atoms with Crippen LogP contribution in [0.25, 0.3) is 10.9 Å². The topological polar surface area (TPSA) is 62.0 Å². The van der Waals surface area contributed by atoms with E-state index in [1.807, 2.05) is 37.3 Å². The summed E-state index contributed by atoms with van der Waals surface area (Å²) in [6, 6.07) is 14.5. The quantitative estimate of drug-likeness (QED) is 0.732. The van der Waals surface area contributed by atoms with Gasteiger partial charge >= 0.3 is 0 Å². The molecular formula is C19H22N2O2S. The van der Waals surface area contributed by atoms with Crippen LogP contribution in [0.1, 0.15) is 32.0 Å². The number of rotatable bonds is 3. The van der Waals surface area contributed by atoms with Crippen LogP contribution in [-0.4, -0.2) is 13.4 Å². The molecule has 0 spiro atoms. The first-order valence-electron chi connectivity index (χ1n) is 7.88. The maximum atomic E-state index is 12.7. The maximum absolute atomic E-state index is 12.7. The van der Waals surface area contributed by atoms with Gasteiger partial charge in [-0.25, -0.2) is 8.42 Å². The van der Waals surface area contributed by atoms with Crippen LogP contribution in [0.15, 0.2) is 53.4 Å². The Balaban J connectivity index is 1.96. The second-order valence-electron chi connectivity index (χ2n) is 7.10. The second-order valence-corrected chi connectivity index (χ2v) is 8.78. The molecule has 3 aromatic rings. The molecule has 4 nitrogen and oxygen atoms in total. The van der Waals surface area contributed by atoms with Crippen molar-refractivity contribution < 1.29 is 8.42 Å². The number of benzene rings is 2. The molecule has 0 aliphatic heterocycles. The molecule has 0 saturated carbocycles. The van der Waals surface area contributed by atoms with E-state index < -0.39 is 10.0 Å². The summed E-state index contributed by atoms with van der Waals surface area (Å²) in [6.45, 7) is 8.25. The van der Waals surface area contributed by atoms with E-state index in [4.69, 9.17) is 0 Å². The minimum atomic E-state index is -3.62. The summed E-state index contributed by atoms with van der Waals surface area (Å²) in [6.07, 6.45) is 0. The smallest absolute Gasteiger partial charge is 0.261 e. The molecule has 2 aromatic carbocycles. The molecule has 3 rings (SSSR count). The van der Waals surface area contributed by atoms with Crippen molar-refractivity contribution in [1.29, 1.82) is 0 Å². The number of anilines is 1. The Kier molecular flexibility index (Phi) is 3.92. The van der Waals surface area contributed by atoms with Gasteiger partial charge in [-0.1, -0.05) is 39.0 Å². The van der Waals surface area contributed by atoms with E-state index >= 15 is 0 Å². The lowest BCUT2D eigenvalue weighted by Gasteiger charge is -2.19. The predicted molar refractivity (Wildman–Crippen MR) is 99.0 cm³/mol. The standard InChI is InChI=1S/C19H22N2O2S/c1-13-12-16-17(20-13)6-5-7-18(16)21-24(22,23)15-10-8-14(9-11-15)19(2,3)4/h5-12,20-21H,1-4H3. The van der Waals surface area contributed by atoms with Crippen LogP contribution in [0.4, 0.5) is 5.69 Å². The van der Waals surface area contributed by atoms with Gasteiger partial charge in [0.25, 0.3) is 10.0 Å². The van der Waals surface area contributed by atoms with E-state index in [1.54, 1.807) is 18.2 Å². The van der Waals surface area contributed by atoms with Gasteiger partial charge < -0.3 is 4.98 Å². The summed E-state index contributed by atoms with van der Waals surface area (Å²) < 4.78 is 28.1. The minimum absolute atomic E-state index is 0.00996. The van der Waals surface area contributed by atoms with Gasteiger partial charge in [0.15, 0.2) is 0 Å². The maximum Gasteiger partial charge on any atom is 0.261 e. The van der Waals surface area contributed by atoms with Crippen LogP contribution in [-0.2, 0) is 15.4 Å². The van der Waals surface area contributed by atoms with Gasteiger partial charge in [-0.2, -0.15) is 0 Å². The van der Waals surface area contributed by atoms with Gasteiger partial charge in [0, 0.05) is 16.6 Å². The molecule has 0 atom stereocenters. The summed E-state index contributed by atoms with van der Waals surface area (Å²) in [5, 5.41) is 0.866. The van der Waals surface area contributed by atoms with E-state index in [0.29, 0.717) is 5.69 Å². The summed E-state index contributed by atoms with van der Waals surface area (Å²) in [5.74, 6) is 0. The Morgan fingerprint density at radius 3 is 2.29 bits per heavy atom. The van der Waals surface area contributed by atoms with Crippen LogP contribution in [0.2, 0.25) is 0 Å². The van der Waals surface area contributed by atoms with Crippen molar-refractivity contribution in [2.75, 3.05) is 4.72 Å². The summed E-state index contributed by atoms with van der Waals surface area (Å²) in [4.78, 5) is 3.48. The first-order valence-corrected chi connectivity index (χ1v) is 9.37. The fourth-order valence-corrected chi connectivity index (χ4v) is 3.80. The molecule has 0 amide bonds. The van der Waals surface area contributed by atoms with Crippen molar-refractivity contribution in [3.05, 3.63) is 59.8 Å². The lowest BCUT2D eigenvalue weighted by molar-refractivity contribution is 0.587. The summed E-state index contributed by atoms with van der Waals surface area (Å²) >= 11 is 0. The van der Waals surface area contributed by atoms with Crippen molar-refractivity contribution in [3.63, 3.8) is 0 Å². The molecule has 0 bridgehead atoms. The van der Waals surface area contributed by atoms with Gasteiger partial charge in [0.1, 0.15) is 0 Å². The minimum Gasteiger partial charge on any atom is -0.359 e. The number of aryl methyl sites for hydroxylation is 1. The average Bonchev–Trinajstić information content (AvgIpc) is 2.88. The third kappa shape index (κ3) is 3.17. The summed E-state index contributed by atoms with van der Waals surface area (Å²) in [5.41, 5.74) is 3.58. The van der Waals surface area contributed by atoms with Crippen LogP contribution in [0, 0.1) is 6.92 Å². The van der Waals surface area contributed by atoms with Gasteiger partial charge in [-0.3, -0.25) is 4.72 Å². The third-order valence-corrected chi connectivity index (χ3v) is 5.46. The Morgan fingerprint density at radius 1 is 1.00 bits per heavy atom. The lowest BCUT2D eigenvalue weighted by atomic mass is 9.87. The molecule has 1 aromatic heterocycles. The Hall–Kier alpha value is -2.27. The van der Waals surface area contributed by atoms with Crippen molar-refractivity contribution in [2.45, 2.75) is 38.0 Å². The van der Waals surface area contributed by atoms with E-state index in [9.17, 15) is 8.42 Å². The Bertz CT molecular complexity index is 978. The number of aromatic amines is 1. The van der Waals surface area contributed by atoms with E-state index in [2.05, 4.69) is 30.5 Å². The SMILES string of the molecule is Cc1cc2c(NS(=O)(=O)c3ccc(C(C)(C)C)cc3)cccc2[nH]1. The molecule has 0 unspecified atom stereocenters. The number of fused-ring (bicyclic) bond motifs is 1. The number of nitrogens with one attached hydrogen (secondary N) is 2. The molecule has 5 heteroatoms. The molecule has 0 fully saturated rings. The third-order valence-electron chi connectivity index (χ3n) is 4.07. The molecule has 2 N–H and O–H groups in total. The molecular weight excluding hydrogens is 320 g/mol.